The quantitative estimate of drug-likeness (QED) is 0.472. The van der Waals surface area contributed by atoms with Crippen LogP contribution in [0.15, 0.2) is 41.3 Å². The molecule has 0 aromatic heterocycles. The summed E-state index contributed by atoms with van der Waals surface area (Å²) in [5.74, 6) is -0.372. The number of ether oxygens (including phenoxy) is 2. The number of nitrogens with zero attached hydrogens (tertiary/aromatic N) is 2. The van der Waals surface area contributed by atoms with E-state index in [-0.39, 0.29) is 46.4 Å². The van der Waals surface area contributed by atoms with Crippen molar-refractivity contribution in [2.75, 3.05) is 32.6 Å². The van der Waals surface area contributed by atoms with Crippen LogP contribution in [0.2, 0.25) is 0 Å². The summed E-state index contributed by atoms with van der Waals surface area (Å²) < 4.78 is 37.0. The lowest BCUT2D eigenvalue weighted by molar-refractivity contribution is -0.384. The first kappa shape index (κ1) is 23.1. The molecule has 0 aliphatic carbocycles. The fraction of sp³-hybridized carbons (Fsp3) is 0.316. The number of nitrogens with one attached hydrogen (secondary N) is 1. The van der Waals surface area contributed by atoms with Crippen molar-refractivity contribution in [3.8, 4) is 11.5 Å². The molecule has 0 fully saturated rings. The van der Waals surface area contributed by atoms with Crippen molar-refractivity contribution < 1.29 is 27.6 Å². The fourth-order valence-corrected chi connectivity index (χ4v) is 4.31. The van der Waals surface area contributed by atoms with Crippen LogP contribution in [0, 0.1) is 10.1 Å². The summed E-state index contributed by atoms with van der Waals surface area (Å²) >= 11 is 0. The molecule has 11 heteroatoms. The molecular formula is C19H23N3O7S. The van der Waals surface area contributed by atoms with E-state index in [1.165, 1.54) is 54.9 Å². The van der Waals surface area contributed by atoms with E-state index in [4.69, 9.17) is 9.47 Å². The minimum Gasteiger partial charge on any atom is -0.496 e. The van der Waals surface area contributed by atoms with E-state index in [9.17, 15) is 23.3 Å². The topological polar surface area (TPSA) is 128 Å². The largest absolute Gasteiger partial charge is 0.496 e. The Bertz CT molecular complexity index is 1050. The number of rotatable bonds is 9. The van der Waals surface area contributed by atoms with Crippen LogP contribution in [0.4, 0.5) is 11.4 Å². The predicted molar refractivity (Wildman–Crippen MR) is 111 cm³/mol. The number of anilines is 1. The lowest BCUT2D eigenvalue weighted by Gasteiger charge is -2.19. The van der Waals surface area contributed by atoms with E-state index in [0.717, 1.165) is 0 Å². The molecule has 0 bridgehead atoms. The lowest BCUT2D eigenvalue weighted by atomic mass is 10.1. The molecule has 10 nitrogen and oxygen atoms in total. The first-order valence-electron chi connectivity index (χ1n) is 9.01. The van der Waals surface area contributed by atoms with Gasteiger partial charge in [-0.3, -0.25) is 14.9 Å². The Hall–Kier alpha value is -3.18. The van der Waals surface area contributed by atoms with Crippen LogP contribution in [-0.4, -0.2) is 50.9 Å². The van der Waals surface area contributed by atoms with Crippen LogP contribution in [0.3, 0.4) is 0 Å². The second-order valence-electron chi connectivity index (χ2n) is 6.05. The van der Waals surface area contributed by atoms with Crippen molar-refractivity contribution in [1.82, 2.24) is 4.31 Å². The van der Waals surface area contributed by atoms with E-state index in [1.54, 1.807) is 13.8 Å². The normalized spacial score (nSPS) is 11.2. The van der Waals surface area contributed by atoms with Crippen molar-refractivity contribution in [2.45, 2.75) is 18.7 Å². The fourth-order valence-electron chi connectivity index (χ4n) is 2.82. The van der Waals surface area contributed by atoms with Crippen LogP contribution in [0.5, 0.6) is 11.5 Å². The molecule has 1 amide bonds. The molecule has 2 aromatic rings. The van der Waals surface area contributed by atoms with Gasteiger partial charge in [-0.05, 0) is 30.3 Å². The Kier molecular flexibility index (Phi) is 7.35. The van der Waals surface area contributed by atoms with E-state index < -0.39 is 20.9 Å². The molecule has 0 saturated carbocycles. The predicted octanol–water partition coefficient (Wildman–Crippen LogP) is 2.89. The van der Waals surface area contributed by atoms with E-state index in [1.807, 2.05) is 0 Å². The van der Waals surface area contributed by atoms with Gasteiger partial charge in [0, 0.05) is 13.1 Å². The van der Waals surface area contributed by atoms with Crippen molar-refractivity contribution >= 4 is 27.3 Å². The molecule has 0 radical (unpaired) electrons. The number of amides is 1. The smallest absolute Gasteiger partial charge is 0.296 e. The van der Waals surface area contributed by atoms with Gasteiger partial charge in [0.25, 0.3) is 11.6 Å². The average Bonchev–Trinajstić information content (AvgIpc) is 2.73. The van der Waals surface area contributed by atoms with Crippen molar-refractivity contribution in [3.63, 3.8) is 0 Å². The van der Waals surface area contributed by atoms with Gasteiger partial charge in [-0.15, -0.1) is 0 Å². The number of methoxy groups -OCH3 is 2. The van der Waals surface area contributed by atoms with Gasteiger partial charge >= 0.3 is 0 Å². The molecule has 0 aliphatic heterocycles. The van der Waals surface area contributed by atoms with Crippen LogP contribution in [0.1, 0.15) is 24.2 Å². The minimum atomic E-state index is -3.81. The number of nitro benzene ring substituents is 1. The molecule has 0 aliphatic rings. The Morgan fingerprint density at radius 2 is 1.77 bits per heavy atom. The number of hydrogen-bond acceptors (Lipinski definition) is 7. The SMILES string of the molecule is CCN(CC)S(=O)(=O)c1ccc(OC)c(C(=O)Nc2ccc(OC)cc2[N+](=O)[O-])c1. The molecule has 2 aromatic carbocycles. The molecule has 162 valence electrons. The third kappa shape index (κ3) is 4.69. The lowest BCUT2D eigenvalue weighted by Crippen LogP contribution is -2.30. The number of carbonyl (C=O) groups excluding carboxylic acids is 1. The Morgan fingerprint density at radius 3 is 2.30 bits per heavy atom. The highest BCUT2D eigenvalue weighted by atomic mass is 32.2. The standard InChI is InChI=1S/C19H23N3O7S/c1-5-21(6-2)30(26,27)14-8-10-18(29-4)15(12-14)19(23)20-16-9-7-13(28-3)11-17(16)22(24)25/h7-12H,5-6H2,1-4H3,(H,20,23). The second kappa shape index (κ2) is 9.55. The third-order valence-electron chi connectivity index (χ3n) is 4.41. The van der Waals surface area contributed by atoms with Crippen molar-refractivity contribution in [2.24, 2.45) is 0 Å². The summed E-state index contributed by atoms with van der Waals surface area (Å²) in [6.07, 6.45) is 0. The number of hydrogen-bond donors (Lipinski definition) is 1. The Labute approximate surface area is 174 Å². The minimum absolute atomic E-state index is 0.0649. The van der Waals surface area contributed by atoms with E-state index in [0.29, 0.717) is 0 Å². The summed E-state index contributed by atoms with van der Waals surface area (Å²) in [5, 5.41) is 13.8. The van der Waals surface area contributed by atoms with Gasteiger partial charge in [0.05, 0.1) is 35.7 Å². The maximum atomic E-state index is 12.9. The van der Waals surface area contributed by atoms with E-state index >= 15 is 0 Å². The molecule has 0 atom stereocenters. The van der Waals surface area contributed by atoms with E-state index in [2.05, 4.69) is 5.32 Å². The Balaban J connectivity index is 2.49. The molecule has 1 N–H and O–H groups in total. The maximum Gasteiger partial charge on any atom is 0.296 e. The molecule has 0 saturated heterocycles. The molecule has 30 heavy (non-hydrogen) atoms. The molecular weight excluding hydrogens is 414 g/mol. The average molecular weight is 437 g/mol. The van der Waals surface area contributed by atoms with Gasteiger partial charge < -0.3 is 14.8 Å². The maximum absolute atomic E-state index is 12.9. The number of carbonyl (C=O) groups is 1. The zero-order valence-corrected chi connectivity index (χ0v) is 17.9. The number of benzene rings is 2. The number of nitro groups is 1. The first-order chi connectivity index (χ1) is 14.2. The zero-order chi connectivity index (χ0) is 22.5. The Morgan fingerprint density at radius 1 is 1.10 bits per heavy atom. The molecule has 0 spiro atoms. The summed E-state index contributed by atoms with van der Waals surface area (Å²) in [7, 11) is -1.11. The summed E-state index contributed by atoms with van der Waals surface area (Å²) in [6, 6.07) is 7.87. The second-order valence-corrected chi connectivity index (χ2v) is 7.98. The van der Waals surface area contributed by atoms with Gasteiger partial charge in [0.2, 0.25) is 10.0 Å². The number of sulfonamides is 1. The highest BCUT2D eigenvalue weighted by molar-refractivity contribution is 7.89. The van der Waals surface area contributed by atoms with Gasteiger partial charge in [-0.1, -0.05) is 13.8 Å². The van der Waals surface area contributed by atoms with Gasteiger partial charge in [-0.25, -0.2) is 8.42 Å². The summed E-state index contributed by atoms with van der Waals surface area (Å²) in [5.41, 5.74) is -0.505. The third-order valence-corrected chi connectivity index (χ3v) is 6.45. The molecule has 2 rings (SSSR count). The highest BCUT2D eigenvalue weighted by Gasteiger charge is 2.25. The monoisotopic (exact) mass is 437 g/mol. The summed E-state index contributed by atoms with van der Waals surface area (Å²) in [6.45, 7) is 3.96. The molecule has 0 unspecified atom stereocenters. The van der Waals surface area contributed by atoms with Crippen LogP contribution in [-0.2, 0) is 10.0 Å². The van der Waals surface area contributed by atoms with Gasteiger partial charge in [0.15, 0.2) is 0 Å². The summed E-state index contributed by atoms with van der Waals surface area (Å²) in [4.78, 5) is 23.5. The van der Waals surface area contributed by atoms with Crippen molar-refractivity contribution in [3.05, 3.63) is 52.1 Å². The van der Waals surface area contributed by atoms with Crippen LogP contribution < -0.4 is 14.8 Å². The van der Waals surface area contributed by atoms with Crippen LogP contribution in [0.25, 0.3) is 0 Å². The molecule has 0 heterocycles. The van der Waals surface area contributed by atoms with Gasteiger partial charge in [0.1, 0.15) is 17.2 Å². The van der Waals surface area contributed by atoms with Gasteiger partial charge in [-0.2, -0.15) is 4.31 Å². The first-order valence-corrected chi connectivity index (χ1v) is 10.5. The zero-order valence-electron chi connectivity index (χ0n) is 17.0. The van der Waals surface area contributed by atoms with Crippen molar-refractivity contribution in [1.29, 1.82) is 0 Å². The highest BCUT2D eigenvalue weighted by Crippen LogP contribution is 2.31. The van der Waals surface area contributed by atoms with Crippen LogP contribution >= 0.6 is 0 Å².